The number of halogens is 2. The van der Waals surface area contributed by atoms with E-state index in [-0.39, 0.29) is 10.9 Å². The van der Waals surface area contributed by atoms with Crippen LogP contribution in [0.5, 0.6) is 5.88 Å². The number of carboxylic acids is 1. The van der Waals surface area contributed by atoms with Gasteiger partial charge in [0.15, 0.2) is 5.56 Å². The molecule has 1 aromatic heterocycles. The zero-order chi connectivity index (χ0) is 21.1. The Bertz CT molecular complexity index is 1020. The normalized spacial score (nSPS) is 14.6. The molecule has 1 saturated carbocycles. The number of benzene rings is 1. The molecule has 3 N–H and O–H groups in total. The van der Waals surface area contributed by atoms with E-state index in [0.29, 0.717) is 16.0 Å². The second-order valence-corrected chi connectivity index (χ2v) is 8.14. The van der Waals surface area contributed by atoms with Crippen LogP contribution >= 0.6 is 27.5 Å². The third kappa shape index (κ3) is 4.62. The van der Waals surface area contributed by atoms with Crippen LogP contribution in [0.25, 0.3) is 5.69 Å². The highest BCUT2D eigenvalue weighted by Gasteiger charge is 2.28. The number of hydrogen-bond acceptors (Lipinski definition) is 5. The van der Waals surface area contributed by atoms with Gasteiger partial charge >= 0.3 is 5.97 Å². The molecule has 1 amide bonds. The minimum Gasteiger partial charge on any atom is -0.493 e. The lowest BCUT2D eigenvalue weighted by atomic mass is 9.88. The van der Waals surface area contributed by atoms with E-state index in [4.69, 9.17) is 16.7 Å². The van der Waals surface area contributed by atoms with Gasteiger partial charge in [0.25, 0.3) is 11.5 Å². The van der Waals surface area contributed by atoms with Gasteiger partial charge in [-0.05, 0) is 31.0 Å². The van der Waals surface area contributed by atoms with Crippen LogP contribution in [0.4, 0.5) is 0 Å². The summed E-state index contributed by atoms with van der Waals surface area (Å²) < 4.78 is 1.92. The summed E-state index contributed by atoms with van der Waals surface area (Å²) in [5.74, 6) is -2.76. The third-order valence-corrected chi connectivity index (χ3v) is 5.65. The summed E-state index contributed by atoms with van der Waals surface area (Å²) in [5, 5.41) is 21.5. The third-order valence-electron chi connectivity index (χ3n) is 4.84. The first-order chi connectivity index (χ1) is 13.8. The quantitative estimate of drug-likeness (QED) is 0.599. The second kappa shape index (κ2) is 8.96. The van der Waals surface area contributed by atoms with Crippen molar-refractivity contribution in [1.29, 1.82) is 0 Å². The number of nitrogens with zero attached hydrogens (tertiary/aromatic N) is 2. The Morgan fingerprint density at radius 1 is 1.28 bits per heavy atom. The maximum atomic E-state index is 13.3. The van der Waals surface area contributed by atoms with Crippen LogP contribution in [0.3, 0.4) is 0 Å². The molecule has 1 heterocycles. The summed E-state index contributed by atoms with van der Waals surface area (Å²) >= 11 is 9.69. The number of carboxylic acid groups (broad SMARTS) is 1. The van der Waals surface area contributed by atoms with Crippen molar-refractivity contribution in [3.63, 3.8) is 0 Å². The topological polar surface area (TPSA) is 122 Å². The lowest BCUT2D eigenvalue weighted by molar-refractivity contribution is -0.135. The Morgan fingerprint density at radius 3 is 2.62 bits per heavy atom. The van der Waals surface area contributed by atoms with Crippen molar-refractivity contribution in [3.05, 3.63) is 49.4 Å². The van der Waals surface area contributed by atoms with Gasteiger partial charge in [-0.3, -0.25) is 19.0 Å². The van der Waals surface area contributed by atoms with Crippen LogP contribution in [0, 0.1) is 0 Å². The molecule has 0 aliphatic heterocycles. The Labute approximate surface area is 179 Å². The lowest BCUT2D eigenvalue weighted by Crippen LogP contribution is -2.37. The largest absolute Gasteiger partial charge is 0.493 e. The molecule has 1 aliphatic carbocycles. The molecule has 0 saturated heterocycles. The zero-order valence-electron chi connectivity index (χ0n) is 15.3. The van der Waals surface area contributed by atoms with Gasteiger partial charge in [-0.2, -0.15) is 4.98 Å². The molecule has 2 aromatic rings. The van der Waals surface area contributed by atoms with Crippen molar-refractivity contribution in [1.82, 2.24) is 14.9 Å². The molecule has 0 bridgehead atoms. The minimum atomic E-state index is -1.28. The monoisotopic (exact) mass is 483 g/mol. The molecule has 0 unspecified atom stereocenters. The number of nitrogens with one attached hydrogen (secondary N) is 1. The summed E-state index contributed by atoms with van der Waals surface area (Å²) in [6, 6.07) is 4.95. The average Bonchev–Trinajstić information content (AvgIpc) is 2.69. The van der Waals surface area contributed by atoms with Crippen molar-refractivity contribution >= 4 is 39.4 Å². The smallest absolute Gasteiger partial charge is 0.322 e. The molecule has 3 rings (SSSR count). The van der Waals surface area contributed by atoms with E-state index in [2.05, 4.69) is 26.2 Å². The van der Waals surface area contributed by atoms with E-state index in [1.54, 1.807) is 18.2 Å². The van der Waals surface area contributed by atoms with Gasteiger partial charge in [0.2, 0.25) is 5.88 Å². The fraction of sp³-hybridized carbons (Fsp3) is 0.368. The summed E-state index contributed by atoms with van der Waals surface area (Å²) in [6.07, 6.45) is 4.60. The molecule has 10 heteroatoms. The fourth-order valence-electron chi connectivity index (χ4n) is 3.49. The molecule has 1 fully saturated rings. The van der Waals surface area contributed by atoms with Crippen molar-refractivity contribution in [3.8, 4) is 11.6 Å². The number of aromatic nitrogens is 2. The SMILES string of the molecule is O=C(O)CNC(=O)c1c(O)nc(C2CCCCC2)n(-c2cc(Br)ccc2Cl)c1=O. The van der Waals surface area contributed by atoms with Crippen LogP contribution in [-0.2, 0) is 4.79 Å². The summed E-state index contributed by atoms with van der Waals surface area (Å²) in [4.78, 5) is 40.6. The summed E-state index contributed by atoms with van der Waals surface area (Å²) in [5.41, 5.74) is -1.10. The first-order valence-electron chi connectivity index (χ1n) is 9.11. The van der Waals surface area contributed by atoms with E-state index in [9.17, 15) is 19.5 Å². The summed E-state index contributed by atoms with van der Waals surface area (Å²) in [6.45, 7) is -0.695. The summed E-state index contributed by atoms with van der Waals surface area (Å²) in [7, 11) is 0. The first-order valence-corrected chi connectivity index (χ1v) is 10.3. The van der Waals surface area contributed by atoms with Gasteiger partial charge in [-0.15, -0.1) is 0 Å². The molecular weight excluding hydrogens is 466 g/mol. The molecule has 1 aromatic carbocycles. The van der Waals surface area contributed by atoms with Crippen LogP contribution in [0.15, 0.2) is 27.5 Å². The number of hydrogen-bond donors (Lipinski definition) is 3. The molecule has 154 valence electrons. The first kappa shape index (κ1) is 21.3. The number of aromatic hydroxyl groups is 1. The number of rotatable bonds is 5. The number of carbonyl (C=O) groups excluding carboxylic acids is 1. The highest BCUT2D eigenvalue weighted by Crippen LogP contribution is 2.34. The molecule has 0 spiro atoms. The van der Waals surface area contributed by atoms with E-state index < -0.39 is 35.4 Å². The second-order valence-electron chi connectivity index (χ2n) is 6.82. The zero-order valence-corrected chi connectivity index (χ0v) is 17.7. The van der Waals surface area contributed by atoms with E-state index in [1.807, 2.05) is 0 Å². The van der Waals surface area contributed by atoms with Gasteiger partial charge in [-0.1, -0.05) is 46.8 Å². The van der Waals surface area contributed by atoms with Gasteiger partial charge in [0.1, 0.15) is 12.4 Å². The van der Waals surface area contributed by atoms with Crippen LogP contribution in [-0.4, -0.2) is 38.2 Å². The van der Waals surface area contributed by atoms with Gasteiger partial charge < -0.3 is 15.5 Å². The van der Waals surface area contributed by atoms with Gasteiger partial charge in [0.05, 0.1) is 10.7 Å². The number of amides is 1. The predicted molar refractivity (Wildman–Crippen MR) is 110 cm³/mol. The highest BCUT2D eigenvalue weighted by atomic mass is 79.9. The number of aliphatic carboxylic acids is 1. The van der Waals surface area contributed by atoms with Gasteiger partial charge in [0, 0.05) is 10.4 Å². The Balaban J connectivity index is 2.22. The molecule has 29 heavy (non-hydrogen) atoms. The standard InChI is InChI=1S/C19H19BrClN3O5/c20-11-6-7-12(21)13(8-11)24-16(10-4-2-1-3-5-10)23-18(28)15(19(24)29)17(27)22-9-14(25)26/h6-8,10,28H,1-5,9H2,(H,22,27)(H,25,26). The van der Waals surface area contributed by atoms with Crippen molar-refractivity contribution in [2.24, 2.45) is 0 Å². The highest BCUT2D eigenvalue weighted by molar-refractivity contribution is 9.10. The molecule has 0 radical (unpaired) electrons. The Hall–Kier alpha value is -2.39. The average molecular weight is 485 g/mol. The van der Waals surface area contributed by atoms with E-state index in [0.717, 1.165) is 32.1 Å². The van der Waals surface area contributed by atoms with Crippen LogP contribution in [0.1, 0.15) is 54.2 Å². The molecule has 0 atom stereocenters. The van der Waals surface area contributed by atoms with Crippen LogP contribution < -0.4 is 10.9 Å². The van der Waals surface area contributed by atoms with Crippen molar-refractivity contribution in [2.45, 2.75) is 38.0 Å². The molecule has 8 nitrogen and oxygen atoms in total. The van der Waals surface area contributed by atoms with E-state index in [1.165, 1.54) is 4.57 Å². The fourth-order valence-corrected chi connectivity index (χ4v) is 4.04. The molecule has 1 aliphatic rings. The van der Waals surface area contributed by atoms with Crippen LogP contribution in [0.2, 0.25) is 5.02 Å². The van der Waals surface area contributed by atoms with E-state index >= 15 is 0 Å². The maximum absolute atomic E-state index is 13.3. The van der Waals surface area contributed by atoms with Crippen molar-refractivity contribution < 1.29 is 19.8 Å². The van der Waals surface area contributed by atoms with Crippen molar-refractivity contribution in [2.75, 3.05) is 6.54 Å². The Morgan fingerprint density at radius 2 is 1.97 bits per heavy atom. The minimum absolute atomic E-state index is 0.0754. The predicted octanol–water partition coefficient (Wildman–Crippen LogP) is 3.22. The van der Waals surface area contributed by atoms with Gasteiger partial charge in [-0.25, -0.2) is 0 Å². The maximum Gasteiger partial charge on any atom is 0.322 e. The lowest BCUT2D eigenvalue weighted by Gasteiger charge is -2.25. The molecular formula is C19H19BrClN3O5. The Kier molecular flexibility index (Phi) is 6.59. The number of carbonyl (C=O) groups is 2.